The minimum atomic E-state index is -1.19. The molecule has 2 amide bonds. The third-order valence-electron chi connectivity index (χ3n) is 5.41. The number of hydrogen-bond acceptors (Lipinski definition) is 5. The Morgan fingerprint density at radius 1 is 0.944 bits per heavy atom. The average molecular weight is 526 g/mol. The molecule has 3 aromatic carbocycles. The molecule has 4 N–H and O–H groups in total. The molecule has 0 fully saturated rings. The van der Waals surface area contributed by atoms with Gasteiger partial charge in [0.2, 0.25) is 0 Å². The fraction of sp³-hybridized carbons (Fsp3) is 0.115. The summed E-state index contributed by atoms with van der Waals surface area (Å²) in [5, 5.41) is 15.3. The van der Waals surface area contributed by atoms with Gasteiger partial charge in [-0.25, -0.2) is 4.79 Å². The summed E-state index contributed by atoms with van der Waals surface area (Å²) in [6.45, 7) is 0. The Hall–Kier alpha value is -3.85. The highest BCUT2D eigenvalue weighted by molar-refractivity contribution is 6.40. The summed E-state index contributed by atoms with van der Waals surface area (Å²) in [5.74, 6) is -2.24. The molecule has 0 aliphatic carbocycles. The van der Waals surface area contributed by atoms with Crippen LogP contribution in [0, 0.1) is 0 Å². The maximum atomic E-state index is 12.6. The van der Waals surface area contributed by atoms with E-state index in [4.69, 9.17) is 28.0 Å². The molecular weight excluding hydrogens is 505 g/mol. The summed E-state index contributed by atoms with van der Waals surface area (Å²) in [6.07, 6.45) is 0.643. The number of carbonyl (C=O) groups is 3. The van der Waals surface area contributed by atoms with E-state index in [-0.39, 0.29) is 22.0 Å². The van der Waals surface area contributed by atoms with Gasteiger partial charge in [0.15, 0.2) is 6.10 Å². The van der Waals surface area contributed by atoms with E-state index < -0.39 is 29.9 Å². The first-order chi connectivity index (χ1) is 17.3. The molecule has 2 atom stereocenters. The zero-order valence-corrected chi connectivity index (χ0v) is 20.2. The topological polar surface area (TPSA) is 117 Å². The zero-order chi connectivity index (χ0) is 25.7. The monoisotopic (exact) mass is 525 g/mol. The van der Waals surface area contributed by atoms with E-state index in [0.717, 1.165) is 5.56 Å². The molecule has 1 heterocycles. The molecule has 8 nitrogen and oxygen atoms in total. The lowest BCUT2D eigenvalue weighted by atomic mass is 10.0. The first-order valence-corrected chi connectivity index (χ1v) is 11.6. The maximum absolute atomic E-state index is 12.6. The van der Waals surface area contributed by atoms with Crippen LogP contribution in [0.25, 0.3) is 5.70 Å². The lowest BCUT2D eigenvalue weighted by molar-refractivity contribution is -0.143. The number of hydroxylamine groups is 1. The number of amides is 2. The highest BCUT2D eigenvalue weighted by Gasteiger charge is 2.29. The van der Waals surface area contributed by atoms with E-state index in [1.54, 1.807) is 48.5 Å². The van der Waals surface area contributed by atoms with E-state index >= 15 is 0 Å². The van der Waals surface area contributed by atoms with Crippen LogP contribution in [0.15, 0.2) is 78.9 Å². The molecule has 1 aliphatic rings. The number of carboxylic acids is 1. The Labute approximate surface area is 216 Å². The summed E-state index contributed by atoms with van der Waals surface area (Å²) in [4.78, 5) is 42.3. The van der Waals surface area contributed by atoms with Crippen LogP contribution in [0.4, 0.5) is 5.69 Å². The van der Waals surface area contributed by atoms with Crippen molar-refractivity contribution in [3.63, 3.8) is 0 Å². The van der Waals surface area contributed by atoms with E-state index in [1.165, 1.54) is 0 Å². The number of carbonyl (C=O) groups excluding carboxylic acids is 2. The van der Waals surface area contributed by atoms with Crippen molar-refractivity contribution in [2.45, 2.75) is 18.6 Å². The van der Waals surface area contributed by atoms with Crippen LogP contribution in [-0.2, 0) is 20.8 Å². The second-order valence-corrected chi connectivity index (χ2v) is 8.75. The number of nitrogens with one attached hydrogen (secondary N) is 3. The van der Waals surface area contributed by atoms with Crippen LogP contribution in [0.3, 0.4) is 0 Å². The third-order valence-corrected chi connectivity index (χ3v) is 6.04. The van der Waals surface area contributed by atoms with Crippen LogP contribution in [0.2, 0.25) is 10.0 Å². The van der Waals surface area contributed by atoms with Crippen LogP contribution in [-0.4, -0.2) is 35.0 Å². The summed E-state index contributed by atoms with van der Waals surface area (Å²) in [5.41, 5.74) is 5.43. The van der Waals surface area contributed by atoms with Crippen molar-refractivity contribution in [2.75, 3.05) is 5.32 Å². The standard InChI is InChI=1S/C26H21Cl2N3O5/c27-18-7-4-8-19(28)23(18)25(33)29-17-11-9-15(10-12-17)13-21(26(34)35)30-24(32)22-14-20(31-36-22)16-5-2-1-3-6-16/h1-12,14,21-22,31H,13H2,(H,29,33)(H,30,32)(H,34,35)/t21?,22-/m0/s1. The van der Waals surface area contributed by atoms with Gasteiger partial charge in [-0.1, -0.05) is 71.7 Å². The highest BCUT2D eigenvalue weighted by atomic mass is 35.5. The average Bonchev–Trinajstić information content (AvgIpc) is 3.36. The molecule has 1 aliphatic heterocycles. The zero-order valence-electron chi connectivity index (χ0n) is 18.7. The summed E-state index contributed by atoms with van der Waals surface area (Å²) < 4.78 is 0. The molecule has 0 spiro atoms. The fourth-order valence-electron chi connectivity index (χ4n) is 3.57. The number of anilines is 1. The highest BCUT2D eigenvalue weighted by Crippen LogP contribution is 2.25. The predicted octanol–water partition coefficient (Wildman–Crippen LogP) is 4.30. The van der Waals surface area contributed by atoms with Crippen molar-refractivity contribution in [2.24, 2.45) is 0 Å². The first kappa shape index (κ1) is 25.2. The molecule has 3 aromatic rings. The van der Waals surface area contributed by atoms with E-state index in [2.05, 4.69) is 16.1 Å². The van der Waals surface area contributed by atoms with Crippen LogP contribution in [0.1, 0.15) is 21.5 Å². The quantitative estimate of drug-likeness (QED) is 0.348. The fourth-order valence-corrected chi connectivity index (χ4v) is 4.14. The van der Waals surface area contributed by atoms with Crippen molar-refractivity contribution >= 4 is 52.4 Å². The van der Waals surface area contributed by atoms with Gasteiger partial charge in [0.1, 0.15) is 6.04 Å². The molecule has 0 aromatic heterocycles. The largest absolute Gasteiger partial charge is 0.480 e. The third kappa shape index (κ3) is 6.04. The minimum Gasteiger partial charge on any atom is -0.480 e. The summed E-state index contributed by atoms with van der Waals surface area (Å²) in [6, 6.07) is 19.5. The molecule has 10 heteroatoms. The number of rotatable bonds is 8. The Balaban J connectivity index is 1.38. The molecule has 1 unspecified atom stereocenters. The Bertz CT molecular complexity index is 1290. The molecule has 0 saturated carbocycles. The number of aliphatic carboxylic acids is 1. The van der Waals surface area contributed by atoms with Gasteiger partial charge in [-0.05, 0) is 41.5 Å². The molecule has 36 heavy (non-hydrogen) atoms. The molecule has 0 radical (unpaired) electrons. The summed E-state index contributed by atoms with van der Waals surface area (Å²) in [7, 11) is 0. The smallest absolute Gasteiger partial charge is 0.326 e. The molecule has 184 valence electrons. The van der Waals surface area contributed by atoms with Crippen molar-refractivity contribution < 1.29 is 24.3 Å². The van der Waals surface area contributed by atoms with Crippen LogP contribution >= 0.6 is 23.2 Å². The SMILES string of the molecule is O=C(Nc1ccc(CC(NC(=O)[C@@H]2C=C(c3ccccc3)NO2)C(=O)O)cc1)c1c(Cl)cccc1Cl. The van der Waals surface area contributed by atoms with Gasteiger partial charge >= 0.3 is 5.97 Å². The molecular formula is C26H21Cl2N3O5. The van der Waals surface area contributed by atoms with Crippen molar-refractivity contribution in [1.82, 2.24) is 10.8 Å². The van der Waals surface area contributed by atoms with Gasteiger partial charge in [0.05, 0.1) is 21.3 Å². The van der Waals surface area contributed by atoms with Crippen molar-refractivity contribution in [1.29, 1.82) is 0 Å². The predicted molar refractivity (Wildman–Crippen MR) is 137 cm³/mol. The van der Waals surface area contributed by atoms with Gasteiger partial charge in [-0.2, -0.15) is 0 Å². The Morgan fingerprint density at radius 2 is 1.61 bits per heavy atom. The molecule has 0 bridgehead atoms. The Morgan fingerprint density at radius 3 is 2.25 bits per heavy atom. The van der Waals surface area contributed by atoms with Gasteiger partial charge in [-0.15, -0.1) is 0 Å². The van der Waals surface area contributed by atoms with Crippen LogP contribution in [0.5, 0.6) is 0 Å². The minimum absolute atomic E-state index is 0.0288. The number of hydrogen-bond donors (Lipinski definition) is 4. The molecule has 4 rings (SSSR count). The first-order valence-electron chi connectivity index (χ1n) is 10.9. The van der Waals surface area contributed by atoms with Gasteiger partial charge in [0, 0.05) is 12.1 Å². The van der Waals surface area contributed by atoms with Gasteiger partial charge in [-0.3, -0.25) is 19.9 Å². The number of carboxylic acid groups (broad SMARTS) is 1. The molecule has 0 saturated heterocycles. The second-order valence-electron chi connectivity index (χ2n) is 7.94. The Kier molecular flexibility index (Phi) is 7.90. The summed E-state index contributed by atoms with van der Waals surface area (Å²) >= 11 is 12.2. The lowest BCUT2D eigenvalue weighted by Gasteiger charge is -2.16. The second kappa shape index (κ2) is 11.3. The van der Waals surface area contributed by atoms with Crippen LogP contribution < -0.4 is 16.1 Å². The lowest BCUT2D eigenvalue weighted by Crippen LogP contribution is -2.46. The normalized spacial score (nSPS) is 15.4. The van der Waals surface area contributed by atoms with Gasteiger partial charge in [0.25, 0.3) is 11.8 Å². The maximum Gasteiger partial charge on any atom is 0.326 e. The van der Waals surface area contributed by atoms with E-state index in [1.807, 2.05) is 30.3 Å². The van der Waals surface area contributed by atoms with E-state index in [0.29, 0.717) is 16.9 Å². The number of benzene rings is 3. The van der Waals surface area contributed by atoms with Gasteiger partial charge < -0.3 is 15.7 Å². The number of halogens is 2. The van der Waals surface area contributed by atoms with Crippen molar-refractivity contribution in [3.05, 3.63) is 106 Å². The van der Waals surface area contributed by atoms with E-state index in [9.17, 15) is 19.5 Å². The van der Waals surface area contributed by atoms with Crippen molar-refractivity contribution in [3.8, 4) is 0 Å².